The van der Waals surface area contributed by atoms with E-state index in [1.54, 1.807) is 19.2 Å². The zero-order chi connectivity index (χ0) is 18.0. The Labute approximate surface area is 153 Å². The molecule has 5 nitrogen and oxygen atoms in total. The Morgan fingerprint density at radius 2 is 1.88 bits per heavy atom. The average molecular weight is 381 g/mol. The second-order valence-electron chi connectivity index (χ2n) is 5.99. The zero-order valence-corrected chi connectivity index (χ0v) is 15.8. The number of fused-ring (bicyclic) bond motifs is 1. The molecular weight excluding hydrogens is 360 g/mol. The fraction of sp³-hybridized carbons (Fsp3) is 0.333. The molecular formula is C18H21ClN2O3S. The van der Waals surface area contributed by atoms with Crippen LogP contribution in [0.1, 0.15) is 6.92 Å². The van der Waals surface area contributed by atoms with Crippen LogP contribution in [0.2, 0.25) is 5.02 Å². The van der Waals surface area contributed by atoms with Crippen LogP contribution in [0, 0.1) is 0 Å². The number of para-hydroxylation sites is 2. The molecule has 0 radical (unpaired) electrons. The molecule has 2 aromatic carbocycles. The van der Waals surface area contributed by atoms with Gasteiger partial charge in [0.2, 0.25) is 10.0 Å². The second-order valence-corrected chi connectivity index (χ2v) is 8.47. The summed E-state index contributed by atoms with van der Waals surface area (Å²) >= 11 is 5.84. The van der Waals surface area contributed by atoms with Crippen molar-refractivity contribution < 1.29 is 13.2 Å². The van der Waals surface area contributed by atoms with Crippen LogP contribution in [-0.2, 0) is 10.0 Å². The van der Waals surface area contributed by atoms with Gasteiger partial charge in [-0.15, -0.1) is 0 Å². The highest BCUT2D eigenvalue weighted by Crippen LogP contribution is 2.33. The summed E-state index contributed by atoms with van der Waals surface area (Å²) in [5, 5.41) is 0.507. The van der Waals surface area contributed by atoms with Crippen LogP contribution in [-0.4, -0.2) is 45.5 Å². The second kappa shape index (κ2) is 7.23. The molecule has 1 heterocycles. The third-order valence-electron chi connectivity index (χ3n) is 4.29. The van der Waals surface area contributed by atoms with Crippen molar-refractivity contribution in [2.24, 2.45) is 0 Å². The molecule has 2 aromatic rings. The van der Waals surface area contributed by atoms with E-state index in [9.17, 15) is 8.42 Å². The van der Waals surface area contributed by atoms with Gasteiger partial charge in [-0.25, -0.2) is 8.42 Å². The third kappa shape index (κ3) is 3.76. The normalized spacial score (nSPS) is 17.3. The van der Waals surface area contributed by atoms with Gasteiger partial charge in [0.1, 0.15) is 11.9 Å². The van der Waals surface area contributed by atoms with Gasteiger partial charge in [0.15, 0.2) is 0 Å². The lowest BCUT2D eigenvalue weighted by atomic mass is 10.2. The Morgan fingerprint density at radius 1 is 1.20 bits per heavy atom. The Bertz CT molecular complexity index is 840. The van der Waals surface area contributed by atoms with Gasteiger partial charge in [-0.2, -0.15) is 4.31 Å². The van der Waals surface area contributed by atoms with Gasteiger partial charge in [-0.1, -0.05) is 23.7 Å². The highest BCUT2D eigenvalue weighted by Gasteiger charge is 2.29. The van der Waals surface area contributed by atoms with Crippen LogP contribution in [0.4, 0.5) is 5.69 Å². The van der Waals surface area contributed by atoms with Gasteiger partial charge in [0.05, 0.1) is 23.7 Å². The van der Waals surface area contributed by atoms with E-state index in [2.05, 4.69) is 11.8 Å². The quantitative estimate of drug-likeness (QED) is 0.799. The predicted molar refractivity (Wildman–Crippen MR) is 100 cm³/mol. The molecule has 0 saturated heterocycles. The molecule has 134 valence electrons. The summed E-state index contributed by atoms with van der Waals surface area (Å²) in [4.78, 5) is 2.43. The lowest BCUT2D eigenvalue weighted by Gasteiger charge is -2.36. The zero-order valence-electron chi connectivity index (χ0n) is 14.2. The monoisotopic (exact) mass is 380 g/mol. The molecule has 1 aliphatic rings. The Balaban J connectivity index is 1.77. The van der Waals surface area contributed by atoms with Gasteiger partial charge in [0, 0.05) is 18.6 Å². The lowest BCUT2D eigenvalue weighted by Crippen LogP contribution is -2.46. The molecule has 25 heavy (non-hydrogen) atoms. The maximum absolute atomic E-state index is 12.7. The Hall–Kier alpha value is -1.76. The number of halogens is 1. The van der Waals surface area contributed by atoms with Gasteiger partial charge >= 0.3 is 0 Å². The summed E-state index contributed by atoms with van der Waals surface area (Å²) in [7, 11) is -2.01. The van der Waals surface area contributed by atoms with Crippen molar-refractivity contribution in [2.75, 3.05) is 31.6 Å². The fourth-order valence-electron chi connectivity index (χ4n) is 2.94. The molecule has 0 aromatic heterocycles. The summed E-state index contributed by atoms with van der Waals surface area (Å²) in [6.07, 6.45) is -0.234. The standard InChI is InChI=1S/C18H21ClN2O3S/c1-3-21-13-15(24-18-7-5-4-6-17(18)21)12-20(2)25(22,23)16-10-8-14(19)9-11-16/h4-11,15H,3,12-13H2,1-2H3/t15-/m1/s1. The average Bonchev–Trinajstić information content (AvgIpc) is 2.61. The van der Waals surface area contributed by atoms with Gasteiger partial charge in [-0.05, 0) is 43.3 Å². The van der Waals surface area contributed by atoms with Crippen molar-refractivity contribution in [2.45, 2.75) is 17.9 Å². The fourth-order valence-corrected chi connectivity index (χ4v) is 4.27. The first-order valence-electron chi connectivity index (χ1n) is 8.14. The van der Waals surface area contributed by atoms with Crippen molar-refractivity contribution in [1.29, 1.82) is 0 Å². The number of likely N-dealkylation sites (N-methyl/N-ethyl adjacent to an activating group) is 2. The first-order chi connectivity index (χ1) is 11.9. The minimum Gasteiger partial charge on any atom is -0.485 e. The number of ether oxygens (including phenoxy) is 1. The predicted octanol–water partition coefficient (Wildman–Crippen LogP) is 3.25. The SMILES string of the molecule is CCN1C[C@@H](CN(C)S(=O)(=O)c2ccc(Cl)cc2)Oc2ccccc21. The van der Waals surface area contributed by atoms with E-state index in [4.69, 9.17) is 16.3 Å². The molecule has 0 aliphatic carbocycles. The van der Waals surface area contributed by atoms with E-state index < -0.39 is 10.0 Å². The molecule has 0 spiro atoms. The van der Waals surface area contributed by atoms with E-state index in [0.29, 0.717) is 11.6 Å². The summed E-state index contributed by atoms with van der Waals surface area (Å²) in [5.74, 6) is 0.790. The molecule has 3 rings (SSSR count). The van der Waals surface area contributed by atoms with Crippen LogP contribution in [0.5, 0.6) is 5.75 Å². The van der Waals surface area contributed by atoms with E-state index in [-0.39, 0.29) is 17.5 Å². The van der Waals surface area contributed by atoms with Gasteiger partial charge in [0.25, 0.3) is 0 Å². The topological polar surface area (TPSA) is 49.9 Å². The largest absolute Gasteiger partial charge is 0.485 e. The van der Waals surface area contributed by atoms with Crippen molar-refractivity contribution in [1.82, 2.24) is 4.31 Å². The highest BCUT2D eigenvalue weighted by atomic mass is 35.5. The smallest absolute Gasteiger partial charge is 0.242 e. The number of hydrogen-bond donors (Lipinski definition) is 0. The summed E-state index contributed by atoms with van der Waals surface area (Å²) in [5.41, 5.74) is 1.05. The lowest BCUT2D eigenvalue weighted by molar-refractivity contribution is 0.171. The van der Waals surface area contributed by atoms with Crippen LogP contribution in [0.15, 0.2) is 53.4 Å². The van der Waals surface area contributed by atoms with E-state index >= 15 is 0 Å². The van der Waals surface area contributed by atoms with Crippen molar-refractivity contribution in [3.05, 3.63) is 53.6 Å². The number of sulfonamides is 1. The number of nitrogens with zero attached hydrogens (tertiary/aromatic N) is 2. The third-order valence-corrected chi connectivity index (χ3v) is 6.38. The van der Waals surface area contributed by atoms with Gasteiger partial charge in [-0.3, -0.25) is 0 Å². The van der Waals surface area contributed by atoms with Crippen LogP contribution in [0.25, 0.3) is 0 Å². The maximum Gasteiger partial charge on any atom is 0.242 e. The summed E-state index contributed by atoms with van der Waals surface area (Å²) in [6.45, 7) is 3.83. The Morgan fingerprint density at radius 3 is 2.56 bits per heavy atom. The van der Waals surface area contributed by atoms with Crippen LogP contribution >= 0.6 is 11.6 Å². The van der Waals surface area contributed by atoms with Crippen molar-refractivity contribution in [3.8, 4) is 5.75 Å². The molecule has 0 fully saturated rings. The minimum absolute atomic E-state index is 0.225. The molecule has 1 aliphatic heterocycles. The number of hydrogen-bond acceptors (Lipinski definition) is 4. The van der Waals surface area contributed by atoms with Gasteiger partial charge < -0.3 is 9.64 Å². The molecule has 0 bridgehead atoms. The molecule has 0 N–H and O–H groups in total. The molecule has 0 unspecified atom stereocenters. The molecule has 0 saturated carbocycles. The summed E-state index contributed by atoms with van der Waals surface area (Å²) < 4.78 is 32.8. The van der Waals surface area contributed by atoms with Crippen molar-refractivity contribution >= 4 is 27.3 Å². The first-order valence-corrected chi connectivity index (χ1v) is 9.96. The molecule has 7 heteroatoms. The van der Waals surface area contributed by atoms with E-state index in [1.165, 1.54) is 16.4 Å². The van der Waals surface area contributed by atoms with Crippen LogP contribution < -0.4 is 9.64 Å². The van der Waals surface area contributed by atoms with E-state index in [0.717, 1.165) is 18.0 Å². The molecule has 1 atom stereocenters. The minimum atomic E-state index is -3.58. The highest BCUT2D eigenvalue weighted by molar-refractivity contribution is 7.89. The van der Waals surface area contributed by atoms with Crippen molar-refractivity contribution in [3.63, 3.8) is 0 Å². The first kappa shape index (κ1) is 18.0. The Kier molecular flexibility index (Phi) is 5.22. The maximum atomic E-state index is 12.7. The summed E-state index contributed by atoms with van der Waals surface area (Å²) in [6, 6.07) is 14.0. The van der Waals surface area contributed by atoms with Crippen LogP contribution in [0.3, 0.4) is 0 Å². The molecule has 0 amide bonds. The van der Waals surface area contributed by atoms with E-state index in [1.807, 2.05) is 24.3 Å². The number of benzene rings is 2. The number of rotatable bonds is 5. The number of anilines is 1.